The lowest BCUT2D eigenvalue weighted by Crippen LogP contribution is -2.34. The summed E-state index contributed by atoms with van der Waals surface area (Å²) in [5, 5.41) is 11.6. The van der Waals surface area contributed by atoms with Crippen LogP contribution in [0.25, 0.3) is 0 Å². The Bertz CT molecular complexity index is 252. The number of hydrogen-bond acceptors (Lipinski definition) is 2. The molecule has 0 radical (unpaired) electrons. The van der Waals surface area contributed by atoms with E-state index in [1.807, 2.05) is 13.8 Å². The van der Waals surface area contributed by atoms with Crippen LogP contribution in [0.3, 0.4) is 0 Å². The molecule has 15 heavy (non-hydrogen) atoms. The van der Waals surface area contributed by atoms with Gasteiger partial charge in [-0.2, -0.15) is 0 Å². The number of hydrogen-bond donors (Lipinski definition) is 2. The molecule has 0 bridgehead atoms. The van der Waals surface area contributed by atoms with Crippen molar-refractivity contribution >= 4 is 11.9 Å². The Morgan fingerprint density at radius 2 is 2.13 bits per heavy atom. The summed E-state index contributed by atoms with van der Waals surface area (Å²) >= 11 is 0. The molecule has 0 spiro atoms. The van der Waals surface area contributed by atoms with Gasteiger partial charge >= 0.3 is 5.97 Å². The summed E-state index contributed by atoms with van der Waals surface area (Å²) in [4.78, 5) is 22.2. The maximum atomic E-state index is 11.4. The number of rotatable bonds is 6. The van der Waals surface area contributed by atoms with E-state index in [-0.39, 0.29) is 18.4 Å². The number of carbonyl (C=O) groups is 2. The van der Waals surface area contributed by atoms with Crippen LogP contribution in [-0.2, 0) is 9.59 Å². The number of carboxylic acids is 1. The number of carboxylic acid groups (broad SMARTS) is 1. The SMILES string of the molecule is CCCC(CNC(=O)C1CC1C)C(=O)O. The summed E-state index contributed by atoms with van der Waals surface area (Å²) in [5.74, 6) is -0.639. The van der Waals surface area contributed by atoms with Gasteiger partial charge in [-0.05, 0) is 18.8 Å². The predicted octanol–water partition coefficient (Wildman–Crippen LogP) is 1.26. The molecule has 1 aliphatic rings. The first kappa shape index (κ1) is 12.0. The van der Waals surface area contributed by atoms with Crippen molar-refractivity contribution in [3.05, 3.63) is 0 Å². The van der Waals surface area contributed by atoms with Crippen LogP contribution in [0.15, 0.2) is 0 Å². The summed E-state index contributed by atoms with van der Waals surface area (Å²) < 4.78 is 0. The van der Waals surface area contributed by atoms with Crippen LogP contribution >= 0.6 is 0 Å². The first-order valence-electron chi connectivity index (χ1n) is 5.56. The lowest BCUT2D eigenvalue weighted by atomic mass is 10.0. The number of carbonyl (C=O) groups excluding carboxylic acids is 1. The van der Waals surface area contributed by atoms with Gasteiger partial charge in [0.1, 0.15) is 0 Å². The van der Waals surface area contributed by atoms with Gasteiger partial charge in [0.2, 0.25) is 5.91 Å². The fraction of sp³-hybridized carbons (Fsp3) is 0.818. The summed E-state index contributed by atoms with van der Waals surface area (Å²) in [6.07, 6.45) is 2.39. The third-order valence-electron chi connectivity index (χ3n) is 2.96. The van der Waals surface area contributed by atoms with Gasteiger partial charge in [0.25, 0.3) is 0 Å². The molecule has 1 amide bonds. The molecule has 1 aliphatic carbocycles. The normalized spacial score (nSPS) is 25.7. The van der Waals surface area contributed by atoms with E-state index in [0.717, 1.165) is 12.8 Å². The molecule has 0 aromatic heterocycles. The van der Waals surface area contributed by atoms with Gasteiger partial charge in [-0.3, -0.25) is 9.59 Å². The molecule has 3 atom stereocenters. The van der Waals surface area contributed by atoms with Crippen LogP contribution in [0.1, 0.15) is 33.1 Å². The quantitative estimate of drug-likeness (QED) is 0.698. The van der Waals surface area contributed by atoms with Crippen molar-refractivity contribution in [1.29, 1.82) is 0 Å². The summed E-state index contributed by atoms with van der Waals surface area (Å²) in [7, 11) is 0. The lowest BCUT2D eigenvalue weighted by Gasteiger charge is -2.12. The predicted molar refractivity (Wildman–Crippen MR) is 56.3 cm³/mol. The Kier molecular flexibility index (Phi) is 4.12. The van der Waals surface area contributed by atoms with Gasteiger partial charge in [0.05, 0.1) is 5.92 Å². The molecule has 1 rings (SSSR count). The number of aliphatic carboxylic acids is 1. The van der Waals surface area contributed by atoms with Crippen LogP contribution < -0.4 is 5.32 Å². The Labute approximate surface area is 90.0 Å². The second-order valence-corrected chi connectivity index (χ2v) is 4.39. The van der Waals surface area contributed by atoms with Crippen molar-refractivity contribution in [2.45, 2.75) is 33.1 Å². The van der Waals surface area contributed by atoms with Crippen molar-refractivity contribution < 1.29 is 14.7 Å². The van der Waals surface area contributed by atoms with E-state index in [1.54, 1.807) is 0 Å². The Morgan fingerprint density at radius 3 is 2.53 bits per heavy atom. The Hall–Kier alpha value is -1.06. The van der Waals surface area contributed by atoms with Gasteiger partial charge < -0.3 is 10.4 Å². The minimum absolute atomic E-state index is 0.0184. The molecule has 0 aromatic rings. The zero-order valence-electron chi connectivity index (χ0n) is 9.32. The topological polar surface area (TPSA) is 66.4 Å². The van der Waals surface area contributed by atoms with Gasteiger partial charge in [-0.1, -0.05) is 20.3 Å². The molecule has 0 aromatic carbocycles. The maximum absolute atomic E-state index is 11.4. The fourth-order valence-corrected chi connectivity index (χ4v) is 1.70. The summed E-state index contributed by atoms with van der Waals surface area (Å²) in [5.41, 5.74) is 0. The van der Waals surface area contributed by atoms with Crippen molar-refractivity contribution in [2.75, 3.05) is 6.54 Å². The highest BCUT2D eigenvalue weighted by atomic mass is 16.4. The smallest absolute Gasteiger partial charge is 0.308 e. The monoisotopic (exact) mass is 213 g/mol. The van der Waals surface area contributed by atoms with E-state index < -0.39 is 11.9 Å². The van der Waals surface area contributed by atoms with Gasteiger partial charge in [0, 0.05) is 12.5 Å². The first-order valence-corrected chi connectivity index (χ1v) is 5.56. The average molecular weight is 213 g/mol. The summed E-state index contributed by atoms with van der Waals surface area (Å²) in [6.45, 7) is 4.25. The molecule has 0 aliphatic heterocycles. The highest BCUT2D eigenvalue weighted by Crippen LogP contribution is 2.37. The Balaban J connectivity index is 2.27. The zero-order valence-corrected chi connectivity index (χ0v) is 9.32. The summed E-state index contributed by atoms with van der Waals surface area (Å²) in [6, 6.07) is 0. The van der Waals surface area contributed by atoms with Gasteiger partial charge in [-0.15, -0.1) is 0 Å². The second kappa shape index (κ2) is 5.14. The Morgan fingerprint density at radius 1 is 1.53 bits per heavy atom. The molecule has 4 nitrogen and oxygen atoms in total. The van der Waals surface area contributed by atoms with Gasteiger partial charge in [0.15, 0.2) is 0 Å². The van der Waals surface area contributed by atoms with E-state index >= 15 is 0 Å². The molecular formula is C11H19NO3. The molecular weight excluding hydrogens is 194 g/mol. The lowest BCUT2D eigenvalue weighted by molar-refractivity contribution is -0.142. The van der Waals surface area contributed by atoms with Crippen LogP contribution in [0.4, 0.5) is 0 Å². The van der Waals surface area contributed by atoms with Crippen LogP contribution in [-0.4, -0.2) is 23.5 Å². The van der Waals surface area contributed by atoms with Crippen molar-refractivity contribution in [3.63, 3.8) is 0 Å². The fourth-order valence-electron chi connectivity index (χ4n) is 1.70. The van der Waals surface area contributed by atoms with Crippen molar-refractivity contribution in [2.24, 2.45) is 17.8 Å². The minimum Gasteiger partial charge on any atom is -0.481 e. The highest BCUT2D eigenvalue weighted by Gasteiger charge is 2.39. The third-order valence-corrected chi connectivity index (χ3v) is 2.96. The minimum atomic E-state index is -0.819. The largest absolute Gasteiger partial charge is 0.481 e. The maximum Gasteiger partial charge on any atom is 0.308 e. The number of amides is 1. The molecule has 2 N–H and O–H groups in total. The van der Waals surface area contributed by atoms with E-state index in [1.165, 1.54) is 0 Å². The van der Waals surface area contributed by atoms with Crippen molar-refractivity contribution in [3.8, 4) is 0 Å². The molecule has 1 saturated carbocycles. The number of nitrogens with one attached hydrogen (secondary N) is 1. The van der Waals surface area contributed by atoms with Crippen LogP contribution in [0.2, 0.25) is 0 Å². The molecule has 0 saturated heterocycles. The van der Waals surface area contributed by atoms with E-state index in [4.69, 9.17) is 5.11 Å². The first-order chi connectivity index (χ1) is 7.06. The standard InChI is InChI=1S/C11H19NO3/c1-3-4-8(11(14)15)6-12-10(13)9-5-7(9)2/h7-9H,3-6H2,1-2H3,(H,12,13)(H,14,15). The highest BCUT2D eigenvalue weighted by molar-refractivity contribution is 5.82. The zero-order chi connectivity index (χ0) is 11.4. The van der Waals surface area contributed by atoms with Crippen LogP contribution in [0.5, 0.6) is 0 Å². The average Bonchev–Trinajstić information content (AvgIpc) is 2.89. The second-order valence-electron chi connectivity index (χ2n) is 4.39. The van der Waals surface area contributed by atoms with E-state index in [9.17, 15) is 9.59 Å². The van der Waals surface area contributed by atoms with Crippen LogP contribution in [0, 0.1) is 17.8 Å². The molecule has 1 fully saturated rings. The van der Waals surface area contributed by atoms with Gasteiger partial charge in [-0.25, -0.2) is 0 Å². The van der Waals surface area contributed by atoms with E-state index in [0.29, 0.717) is 12.3 Å². The molecule has 86 valence electrons. The molecule has 0 heterocycles. The molecule has 3 unspecified atom stereocenters. The third kappa shape index (κ3) is 3.53. The van der Waals surface area contributed by atoms with E-state index in [2.05, 4.69) is 5.32 Å². The van der Waals surface area contributed by atoms with Crippen molar-refractivity contribution in [1.82, 2.24) is 5.32 Å². The molecule has 4 heteroatoms.